The molecule has 0 radical (unpaired) electrons. The normalized spacial score (nSPS) is 12.6. The van der Waals surface area contributed by atoms with Crippen molar-refractivity contribution >= 4 is 27.3 Å². The van der Waals surface area contributed by atoms with Gasteiger partial charge in [-0.15, -0.1) is 0 Å². The van der Waals surface area contributed by atoms with E-state index in [1.165, 1.54) is 0 Å². The van der Waals surface area contributed by atoms with Gasteiger partial charge in [-0.2, -0.15) is 0 Å². The van der Waals surface area contributed by atoms with Crippen molar-refractivity contribution in [2.45, 2.75) is 31.2 Å². The number of halogens is 1. The molecule has 0 aliphatic carbocycles. The number of sulfone groups is 1. The fourth-order valence-corrected chi connectivity index (χ4v) is 3.70. The van der Waals surface area contributed by atoms with Gasteiger partial charge in [-0.05, 0) is 43.7 Å². The van der Waals surface area contributed by atoms with E-state index >= 15 is 0 Å². The molecule has 2 aromatic rings. The van der Waals surface area contributed by atoms with E-state index in [0.29, 0.717) is 5.02 Å². The first-order valence-corrected chi connectivity index (χ1v) is 9.65. The molecule has 0 fully saturated rings. The number of rotatable bonds is 6. The van der Waals surface area contributed by atoms with Gasteiger partial charge in [-0.25, -0.2) is 8.42 Å². The first-order valence-electron chi connectivity index (χ1n) is 7.62. The maximum Gasteiger partial charge on any atom is 0.221 e. The van der Waals surface area contributed by atoms with Crippen LogP contribution in [0.15, 0.2) is 53.4 Å². The Morgan fingerprint density at radius 2 is 1.83 bits per heavy atom. The molecule has 4 nitrogen and oxygen atoms in total. The van der Waals surface area contributed by atoms with Crippen LogP contribution in [0.25, 0.3) is 0 Å². The van der Waals surface area contributed by atoms with Gasteiger partial charge in [-0.1, -0.05) is 41.4 Å². The largest absolute Gasteiger partial charge is 0.350 e. The van der Waals surface area contributed by atoms with Crippen LogP contribution < -0.4 is 5.32 Å². The molecule has 0 unspecified atom stereocenters. The molecule has 1 amide bonds. The van der Waals surface area contributed by atoms with Gasteiger partial charge < -0.3 is 5.32 Å². The average Bonchev–Trinajstić information content (AvgIpc) is 2.53. The smallest absolute Gasteiger partial charge is 0.221 e. The van der Waals surface area contributed by atoms with E-state index in [-0.39, 0.29) is 29.0 Å². The third kappa shape index (κ3) is 5.08. The number of hydrogen-bond acceptors (Lipinski definition) is 3. The molecular weight excluding hydrogens is 346 g/mol. The zero-order valence-corrected chi connectivity index (χ0v) is 15.2. The molecule has 0 aromatic heterocycles. The van der Waals surface area contributed by atoms with Crippen LogP contribution in [0.1, 0.15) is 30.5 Å². The zero-order chi connectivity index (χ0) is 17.7. The molecule has 0 saturated heterocycles. The molecule has 0 aliphatic heterocycles. The van der Waals surface area contributed by atoms with Crippen molar-refractivity contribution in [3.05, 3.63) is 64.7 Å². The highest BCUT2D eigenvalue weighted by Crippen LogP contribution is 2.18. The van der Waals surface area contributed by atoms with Gasteiger partial charge in [-0.3, -0.25) is 4.79 Å². The molecule has 1 atom stereocenters. The van der Waals surface area contributed by atoms with E-state index in [1.807, 2.05) is 26.0 Å². The second-order valence-electron chi connectivity index (χ2n) is 5.73. The number of carbonyl (C=O) groups is 1. The highest BCUT2D eigenvalue weighted by Gasteiger charge is 2.17. The molecule has 2 rings (SSSR count). The maximum absolute atomic E-state index is 12.3. The molecular formula is C18H20ClNO3S. The minimum Gasteiger partial charge on any atom is -0.350 e. The summed E-state index contributed by atoms with van der Waals surface area (Å²) in [5.74, 6) is -0.525. The highest BCUT2D eigenvalue weighted by atomic mass is 35.5. The van der Waals surface area contributed by atoms with E-state index in [9.17, 15) is 13.2 Å². The van der Waals surface area contributed by atoms with Crippen LogP contribution in [-0.4, -0.2) is 20.1 Å². The molecule has 6 heteroatoms. The predicted molar refractivity (Wildman–Crippen MR) is 95.9 cm³/mol. The summed E-state index contributed by atoms with van der Waals surface area (Å²) in [4.78, 5) is 12.3. The lowest BCUT2D eigenvalue weighted by molar-refractivity contribution is -0.121. The van der Waals surface area contributed by atoms with Gasteiger partial charge >= 0.3 is 0 Å². The Labute approximate surface area is 147 Å². The highest BCUT2D eigenvalue weighted by molar-refractivity contribution is 7.91. The second-order valence-corrected chi connectivity index (χ2v) is 8.27. The van der Waals surface area contributed by atoms with E-state index < -0.39 is 9.84 Å². The van der Waals surface area contributed by atoms with Crippen molar-refractivity contribution in [3.63, 3.8) is 0 Å². The number of hydrogen-bond donors (Lipinski definition) is 1. The van der Waals surface area contributed by atoms with E-state index in [4.69, 9.17) is 11.6 Å². The van der Waals surface area contributed by atoms with E-state index in [0.717, 1.165) is 11.1 Å². The van der Waals surface area contributed by atoms with Crippen molar-refractivity contribution in [1.29, 1.82) is 0 Å². The summed E-state index contributed by atoms with van der Waals surface area (Å²) in [5, 5.41) is 3.39. The fourth-order valence-electron chi connectivity index (χ4n) is 2.26. The van der Waals surface area contributed by atoms with Crippen molar-refractivity contribution in [1.82, 2.24) is 5.32 Å². The summed E-state index contributed by atoms with van der Waals surface area (Å²) in [6.07, 6.45) is -0.0822. The zero-order valence-electron chi connectivity index (χ0n) is 13.6. The van der Waals surface area contributed by atoms with Crippen LogP contribution in [0.2, 0.25) is 5.02 Å². The topological polar surface area (TPSA) is 63.2 Å². The van der Waals surface area contributed by atoms with Crippen molar-refractivity contribution < 1.29 is 13.2 Å². The number of aryl methyl sites for hydroxylation is 1. The molecule has 0 spiro atoms. The predicted octanol–water partition coefficient (Wildman–Crippen LogP) is 3.69. The van der Waals surface area contributed by atoms with E-state index in [1.54, 1.807) is 36.4 Å². The Bertz CT molecular complexity index is 816. The summed E-state index contributed by atoms with van der Waals surface area (Å²) in [6.45, 7) is 3.72. The Morgan fingerprint density at radius 3 is 2.46 bits per heavy atom. The first-order chi connectivity index (χ1) is 11.3. The first kappa shape index (κ1) is 18.5. The van der Waals surface area contributed by atoms with Crippen molar-refractivity contribution in [2.24, 2.45) is 0 Å². The fraction of sp³-hybridized carbons (Fsp3) is 0.278. The lowest BCUT2D eigenvalue weighted by Crippen LogP contribution is -2.28. The van der Waals surface area contributed by atoms with Gasteiger partial charge in [0.1, 0.15) is 0 Å². The number of carbonyl (C=O) groups excluding carboxylic acids is 1. The summed E-state index contributed by atoms with van der Waals surface area (Å²) < 4.78 is 24.5. The van der Waals surface area contributed by atoms with Crippen LogP contribution in [0.3, 0.4) is 0 Å². The quantitative estimate of drug-likeness (QED) is 0.849. The SMILES string of the molecule is Cc1ccc(S(=O)(=O)CCC(=O)N[C@H](C)c2cccc(Cl)c2)cc1. The van der Waals surface area contributed by atoms with E-state index in [2.05, 4.69) is 5.32 Å². The minimum atomic E-state index is -3.46. The summed E-state index contributed by atoms with van der Waals surface area (Å²) in [7, 11) is -3.46. The average molecular weight is 366 g/mol. The summed E-state index contributed by atoms with van der Waals surface area (Å²) in [5.41, 5.74) is 1.86. The lowest BCUT2D eigenvalue weighted by Gasteiger charge is -2.14. The molecule has 1 N–H and O–H groups in total. The van der Waals surface area contributed by atoms with Gasteiger partial charge in [0.2, 0.25) is 5.91 Å². The van der Waals surface area contributed by atoms with Crippen LogP contribution in [0, 0.1) is 6.92 Å². The Kier molecular flexibility index (Phi) is 6.02. The molecule has 0 aliphatic rings. The van der Waals surface area contributed by atoms with Gasteiger partial charge in [0.15, 0.2) is 9.84 Å². The number of benzene rings is 2. The lowest BCUT2D eigenvalue weighted by atomic mass is 10.1. The Hall–Kier alpha value is -1.85. The van der Waals surface area contributed by atoms with Crippen LogP contribution in [0.4, 0.5) is 0 Å². The van der Waals surface area contributed by atoms with Crippen LogP contribution >= 0.6 is 11.6 Å². The number of amides is 1. The molecule has 24 heavy (non-hydrogen) atoms. The monoisotopic (exact) mass is 365 g/mol. The molecule has 0 heterocycles. The minimum absolute atomic E-state index is 0.0822. The molecule has 0 saturated carbocycles. The summed E-state index contributed by atoms with van der Waals surface area (Å²) >= 11 is 5.93. The second kappa shape index (κ2) is 7.81. The Balaban J connectivity index is 1.94. The molecule has 2 aromatic carbocycles. The summed E-state index contributed by atoms with van der Waals surface area (Å²) in [6, 6.07) is 13.6. The van der Waals surface area contributed by atoms with Gasteiger partial charge in [0.25, 0.3) is 0 Å². The standard InChI is InChI=1S/C18H20ClNO3S/c1-13-6-8-17(9-7-13)24(22,23)11-10-18(21)20-14(2)15-4-3-5-16(19)12-15/h3-9,12,14H,10-11H2,1-2H3,(H,20,21)/t14-/m1/s1. The Morgan fingerprint density at radius 1 is 1.17 bits per heavy atom. The van der Waals surface area contributed by atoms with Gasteiger partial charge in [0.05, 0.1) is 16.7 Å². The maximum atomic E-state index is 12.3. The van der Waals surface area contributed by atoms with Crippen molar-refractivity contribution in [2.75, 3.05) is 5.75 Å². The molecule has 128 valence electrons. The van der Waals surface area contributed by atoms with Crippen LogP contribution in [-0.2, 0) is 14.6 Å². The third-order valence-corrected chi connectivity index (χ3v) is 5.67. The molecule has 0 bridgehead atoms. The van der Waals surface area contributed by atoms with Gasteiger partial charge in [0, 0.05) is 11.4 Å². The van der Waals surface area contributed by atoms with Crippen LogP contribution in [0.5, 0.6) is 0 Å². The number of nitrogens with one attached hydrogen (secondary N) is 1. The van der Waals surface area contributed by atoms with Crippen molar-refractivity contribution in [3.8, 4) is 0 Å². The third-order valence-electron chi connectivity index (χ3n) is 3.70.